The van der Waals surface area contributed by atoms with Crippen molar-refractivity contribution in [1.82, 2.24) is 5.32 Å². The van der Waals surface area contributed by atoms with Gasteiger partial charge in [-0.2, -0.15) is 0 Å². The molecule has 3 heteroatoms. The molecule has 0 bridgehead atoms. The van der Waals surface area contributed by atoms with Gasteiger partial charge in [-0.25, -0.2) is 0 Å². The van der Waals surface area contributed by atoms with E-state index in [4.69, 9.17) is 0 Å². The maximum atomic E-state index is 3.63. The van der Waals surface area contributed by atoms with E-state index in [9.17, 15) is 0 Å². The SMILES string of the molecule is CNC(c1cc(C)c(Br)cc1C)c1cccc(Br)c1C. The lowest BCUT2D eigenvalue weighted by Crippen LogP contribution is -2.20. The number of hydrogen-bond donors (Lipinski definition) is 1. The highest BCUT2D eigenvalue weighted by Crippen LogP contribution is 2.32. The summed E-state index contributed by atoms with van der Waals surface area (Å²) in [6.45, 7) is 6.45. The number of aryl methyl sites for hydroxylation is 2. The van der Waals surface area contributed by atoms with Crippen molar-refractivity contribution in [3.8, 4) is 0 Å². The van der Waals surface area contributed by atoms with Crippen LogP contribution in [-0.4, -0.2) is 7.05 Å². The molecule has 0 aliphatic heterocycles. The first-order chi connectivity index (χ1) is 9.45. The summed E-state index contributed by atoms with van der Waals surface area (Å²) in [4.78, 5) is 0. The summed E-state index contributed by atoms with van der Waals surface area (Å²) in [5.74, 6) is 0. The van der Waals surface area contributed by atoms with E-state index in [1.54, 1.807) is 0 Å². The van der Waals surface area contributed by atoms with Gasteiger partial charge in [0.2, 0.25) is 0 Å². The molecule has 106 valence electrons. The first kappa shape index (κ1) is 15.7. The lowest BCUT2D eigenvalue weighted by molar-refractivity contribution is 0.682. The Morgan fingerprint density at radius 2 is 1.60 bits per heavy atom. The second kappa shape index (κ2) is 6.42. The van der Waals surface area contributed by atoms with E-state index in [-0.39, 0.29) is 6.04 Å². The molecule has 0 saturated heterocycles. The maximum Gasteiger partial charge on any atom is 0.0580 e. The van der Waals surface area contributed by atoms with Gasteiger partial charge in [0.25, 0.3) is 0 Å². The number of nitrogens with one attached hydrogen (secondary N) is 1. The summed E-state index contributed by atoms with van der Waals surface area (Å²) in [6, 6.07) is 11.0. The predicted molar refractivity (Wildman–Crippen MR) is 93.4 cm³/mol. The van der Waals surface area contributed by atoms with Crippen LogP contribution in [0.4, 0.5) is 0 Å². The van der Waals surface area contributed by atoms with Crippen molar-refractivity contribution >= 4 is 31.9 Å². The number of benzene rings is 2. The molecule has 0 spiro atoms. The van der Waals surface area contributed by atoms with Crippen molar-refractivity contribution in [2.45, 2.75) is 26.8 Å². The lowest BCUT2D eigenvalue weighted by Gasteiger charge is -2.23. The normalized spacial score (nSPS) is 12.5. The van der Waals surface area contributed by atoms with Crippen LogP contribution >= 0.6 is 31.9 Å². The highest BCUT2D eigenvalue weighted by Gasteiger charge is 2.18. The van der Waals surface area contributed by atoms with Crippen molar-refractivity contribution < 1.29 is 0 Å². The second-order valence-corrected chi connectivity index (χ2v) is 6.84. The largest absolute Gasteiger partial charge is 0.309 e. The van der Waals surface area contributed by atoms with Crippen LogP contribution in [-0.2, 0) is 0 Å². The smallest absolute Gasteiger partial charge is 0.0580 e. The standard InChI is InChI=1S/C17H19Br2N/c1-10-9-16(19)11(2)8-14(10)17(20-4)13-6-5-7-15(18)12(13)3/h5-9,17,20H,1-4H3. The van der Waals surface area contributed by atoms with Crippen LogP contribution in [0.3, 0.4) is 0 Å². The molecule has 2 aromatic carbocycles. The Labute approximate surface area is 138 Å². The fraction of sp³-hybridized carbons (Fsp3) is 0.294. The van der Waals surface area contributed by atoms with Crippen molar-refractivity contribution in [1.29, 1.82) is 0 Å². The molecule has 2 aromatic rings. The summed E-state index contributed by atoms with van der Waals surface area (Å²) < 4.78 is 2.32. The van der Waals surface area contributed by atoms with Gasteiger partial charge in [-0.15, -0.1) is 0 Å². The summed E-state index contributed by atoms with van der Waals surface area (Å²) in [5.41, 5.74) is 6.48. The zero-order chi connectivity index (χ0) is 14.9. The van der Waals surface area contributed by atoms with Crippen LogP contribution in [0.2, 0.25) is 0 Å². The topological polar surface area (TPSA) is 12.0 Å². The van der Waals surface area contributed by atoms with Gasteiger partial charge in [0, 0.05) is 8.95 Å². The second-order valence-electron chi connectivity index (χ2n) is 5.13. The predicted octanol–water partition coefficient (Wildman–Crippen LogP) is 5.45. The first-order valence-electron chi connectivity index (χ1n) is 6.64. The minimum atomic E-state index is 0.208. The van der Waals surface area contributed by atoms with Crippen LogP contribution in [0.25, 0.3) is 0 Å². The van der Waals surface area contributed by atoms with Crippen molar-refractivity contribution in [2.75, 3.05) is 7.05 Å². The highest BCUT2D eigenvalue weighted by molar-refractivity contribution is 9.10. The van der Waals surface area contributed by atoms with E-state index in [1.807, 2.05) is 7.05 Å². The van der Waals surface area contributed by atoms with Crippen LogP contribution in [0, 0.1) is 20.8 Å². The molecule has 2 rings (SSSR count). The third kappa shape index (κ3) is 3.00. The number of halogens is 2. The number of hydrogen-bond acceptors (Lipinski definition) is 1. The molecule has 1 unspecified atom stereocenters. The molecule has 0 amide bonds. The van der Waals surface area contributed by atoms with Gasteiger partial charge in [-0.3, -0.25) is 0 Å². The minimum absolute atomic E-state index is 0.208. The van der Waals surface area contributed by atoms with Crippen molar-refractivity contribution in [3.63, 3.8) is 0 Å². The number of rotatable bonds is 3. The van der Waals surface area contributed by atoms with Crippen LogP contribution in [0.15, 0.2) is 39.3 Å². The summed E-state index contributed by atoms with van der Waals surface area (Å²) in [7, 11) is 2.02. The molecule has 1 N–H and O–H groups in total. The van der Waals surface area contributed by atoms with E-state index in [0.29, 0.717) is 0 Å². The third-order valence-electron chi connectivity index (χ3n) is 3.77. The van der Waals surface area contributed by atoms with Crippen molar-refractivity contribution in [2.24, 2.45) is 0 Å². The Hall–Kier alpha value is -0.640. The van der Waals surface area contributed by atoms with Gasteiger partial charge in [0.05, 0.1) is 6.04 Å². The molecular formula is C17H19Br2N. The minimum Gasteiger partial charge on any atom is -0.309 e. The van der Waals surface area contributed by atoms with E-state index in [2.05, 4.69) is 88.3 Å². The Morgan fingerprint density at radius 3 is 2.25 bits per heavy atom. The molecule has 0 aromatic heterocycles. The van der Waals surface area contributed by atoms with Gasteiger partial charge < -0.3 is 5.32 Å². The zero-order valence-corrected chi connectivity index (χ0v) is 15.4. The van der Waals surface area contributed by atoms with E-state index in [0.717, 1.165) is 4.47 Å². The van der Waals surface area contributed by atoms with Gasteiger partial charge in [-0.05, 0) is 67.8 Å². The molecule has 0 aliphatic carbocycles. The molecule has 0 fully saturated rings. The van der Waals surface area contributed by atoms with E-state index < -0.39 is 0 Å². The Morgan fingerprint density at radius 1 is 0.900 bits per heavy atom. The zero-order valence-electron chi connectivity index (χ0n) is 12.2. The van der Waals surface area contributed by atoms with Crippen LogP contribution in [0.1, 0.15) is 33.9 Å². The molecule has 1 nitrogen and oxygen atoms in total. The van der Waals surface area contributed by atoms with E-state index >= 15 is 0 Å². The molecule has 0 saturated carbocycles. The van der Waals surface area contributed by atoms with Gasteiger partial charge in [-0.1, -0.05) is 50.1 Å². The Kier molecular flexibility index (Phi) is 5.05. The fourth-order valence-electron chi connectivity index (χ4n) is 2.53. The quantitative estimate of drug-likeness (QED) is 0.727. The third-order valence-corrected chi connectivity index (χ3v) is 5.48. The van der Waals surface area contributed by atoms with Gasteiger partial charge >= 0.3 is 0 Å². The monoisotopic (exact) mass is 395 g/mol. The van der Waals surface area contributed by atoms with Crippen molar-refractivity contribution in [3.05, 3.63) is 67.1 Å². The molecule has 0 aliphatic rings. The molecule has 20 heavy (non-hydrogen) atoms. The molecular weight excluding hydrogens is 378 g/mol. The fourth-order valence-corrected chi connectivity index (χ4v) is 3.37. The average molecular weight is 397 g/mol. The summed E-state index contributed by atoms with van der Waals surface area (Å²) in [6.07, 6.45) is 0. The molecule has 0 radical (unpaired) electrons. The molecule has 0 heterocycles. The summed E-state index contributed by atoms with van der Waals surface area (Å²) in [5, 5.41) is 3.45. The Bertz CT molecular complexity index is 635. The van der Waals surface area contributed by atoms with Crippen LogP contribution < -0.4 is 5.32 Å². The Balaban J connectivity index is 2.58. The lowest BCUT2D eigenvalue weighted by atomic mass is 9.91. The van der Waals surface area contributed by atoms with Crippen LogP contribution in [0.5, 0.6) is 0 Å². The maximum absolute atomic E-state index is 3.63. The van der Waals surface area contributed by atoms with Gasteiger partial charge in [0.15, 0.2) is 0 Å². The molecule has 1 atom stereocenters. The average Bonchev–Trinajstić information content (AvgIpc) is 2.41. The van der Waals surface area contributed by atoms with Gasteiger partial charge in [0.1, 0.15) is 0 Å². The highest BCUT2D eigenvalue weighted by atomic mass is 79.9. The first-order valence-corrected chi connectivity index (χ1v) is 8.23. The summed E-state index contributed by atoms with van der Waals surface area (Å²) >= 11 is 7.23. The van der Waals surface area contributed by atoms with E-state index in [1.165, 1.54) is 32.3 Å².